The number of nitrogens with zero attached hydrogens (tertiary/aromatic N) is 2. The molecule has 3 heterocycles. The second-order valence-electron chi connectivity index (χ2n) is 10.1. The molecule has 0 saturated carbocycles. The third-order valence-corrected chi connectivity index (χ3v) is 9.42. The fourth-order valence-electron chi connectivity index (χ4n) is 5.71. The molecule has 7 rings (SSSR count). The maximum absolute atomic E-state index is 14.1. The normalized spacial score (nSPS) is 16.0. The summed E-state index contributed by atoms with van der Waals surface area (Å²) in [6.07, 6.45) is 3.44. The number of aromatic nitrogens is 1. The number of fused-ring (bicyclic) bond motifs is 3. The molecule has 210 valence electrons. The summed E-state index contributed by atoms with van der Waals surface area (Å²) in [5, 5.41) is 0.920. The Balaban J connectivity index is 1.40. The summed E-state index contributed by atoms with van der Waals surface area (Å²) in [4.78, 5) is 19.8. The van der Waals surface area contributed by atoms with E-state index in [9.17, 15) is 4.79 Å². The van der Waals surface area contributed by atoms with Gasteiger partial charge >= 0.3 is 0 Å². The van der Waals surface area contributed by atoms with Crippen LogP contribution in [0.4, 0.5) is 0 Å². The quantitative estimate of drug-likeness (QED) is 0.216. The van der Waals surface area contributed by atoms with Crippen molar-refractivity contribution in [2.45, 2.75) is 18.9 Å². The van der Waals surface area contributed by atoms with Gasteiger partial charge in [-0.2, -0.15) is 0 Å². The lowest BCUT2D eigenvalue weighted by Gasteiger charge is -2.31. The van der Waals surface area contributed by atoms with E-state index in [0.29, 0.717) is 42.4 Å². The van der Waals surface area contributed by atoms with Crippen LogP contribution in [0.1, 0.15) is 34.9 Å². The Labute approximate surface area is 255 Å². The van der Waals surface area contributed by atoms with Gasteiger partial charge < -0.3 is 13.9 Å². The zero-order chi connectivity index (χ0) is 29.0. The lowest BCUT2D eigenvalue weighted by Crippen LogP contribution is -2.38. The molecule has 0 saturated heterocycles. The van der Waals surface area contributed by atoms with Gasteiger partial charge in [0.05, 0.1) is 40.5 Å². The first kappa shape index (κ1) is 26.8. The van der Waals surface area contributed by atoms with Gasteiger partial charge in [-0.15, -0.1) is 0 Å². The van der Waals surface area contributed by atoms with Crippen LogP contribution >= 0.6 is 34.5 Å². The van der Waals surface area contributed by atoms with Gasteiger partial charge in [-0.3, -0.25) is 9.36 Å². The number of hydrogen-bond acceptors (Lipinski definition) is 6. The van der Waals surface area contributed by atoms with Crippen molar-refractivity contribution in [2.24, 2.45) is 4.99 Å². The third kappa shape index (κ3) is 4.49. The van der Waals surface area contributed by atoms with Gasteiger partial charge in [-0.25, -0.2) is 4.99 Å². The predicted octanol–water partition coefficient (Wildman–Crippen LogP) is 6.90. The van der Waals surface area contributed by atoms with E-state index in [1.165, 1.54) is 16.9 Å². The van der Waals surface area contributed by atoms with E-state index in [-0.39, 0.29) is 11.6 Å². The Bertz CT molecular complexity index is 2090. The highest BCUT2D eigenvalue weighted by atomic mass is 35.5. The molecule has 0 spiro atoms. The fraction of sp³-hybridized carbons (Fsp3) is 0.152. The maximum Gasteiger partial charge on any atom is 0.271 e. The van der Waals surface area contributed by atoms with Crippen molar-refractivity contribution in [3.8, 4) is 22.8 Å². The zero-order valence-electron chi connectivity index (χ0n) is 22.7. The number of benzene rings is 3. The molecule has 0 fully saturated rings. The first-order valence-electron chi connectivity index (χ1n) is 13.4. The Kier molecular flexibility index (Phi) is 6.81. The highest BCUT2D eigenvalue weighted by molar-refractivity contribution is 7.07. The number of rotatable bonds is 5. The largest absolute Gasteiger partial charge is 0.493 e. The van der Waals surface area contributed by atoms with Gasteiger partial charge in [0, 0.05) is 17.2 Å². The Morgan fingerprint density at radius 2 is 1.79 bits per heavy atom. The second-order valence-corrected chi connectivity index (χ2v) is 11.9. The van der Waals surface area contributed by atoms with Crippen molar-refractivity contribution in [3.63, 3.8) is 0 Å². The van der Waals surface area contributed by atoms with Gasteiger partial charge in [0.2, 0.25) is 0 Å². The number of halogens is 2. The lowest BCUT2D eigenvalue weighted by molar-refractivity contribution is 0.354. The number of aryl methyl sites for hydroxylation is 1. The summed E-state index contributed by atoms with van der Waals surface area (Å²) in [6.45, 7) is 0. The molecule has 1 aliphatic heterocycles. The molecular weight excluding hydrogens is 591 g/mol. The zero-order valence-corrected chi connectivity index (χ0v) is 25.0. The molecule has 0 radical (unpaired) electrons. The molecule has 0 unspecified atom stereocenters. The number of furan rings is 1. The Hall–Kier alpha value is -4.04. The van der Waals surface area contributed by atoms with Crippen LogP contribution in [-0.2, 0) is 6.42 Å². The van der Waals surface area contributed by atoms with Crippen LogP contribution in [0.3, 0.4) is 0 Å². The summed E-state index contributed by atoms with van der Waals surface area (Å²) in [5.41, 5.74) is 6.02. The van der Waals surface area contributed by atoms with Gasteiger partial charge in [-0.1, -0.05) is 64.9 Å². The van der Waals surface area contributed by atoms with Crippen LogP contribution in [0.2, 0.25) is 10.0 Å². The van der Waals surface area contributed by atoms with Crippen LogP contribution in [0.25, 0.3) is 23.1 Å². The van der Waals surface area contributed by atoms with E-state index >= 15 is 0 Å². The summed E-state index contributed by atoms with van der Waals surface area (Å²) in [5.74, 6) is 2.42. The van der Waals surface area contributed by atoms with Crippen molar-refractivity contribution in [1.29, 1.82) is 0 Å². The van der Waals surface area contributed by atoms with Crippen molar-refractivity contribution < 1.29 is 13.9 Å². The van der Waals surface area contributed by atoms with Gasteiger partial charge in [-0.05, 0) is 72.0 Å². The van der Waals surface area contributed by atoms with E-state index in [0.717, 1.165) is 40.8 Å². The number of methoxy groups -OCH3 is 2. The average molecular weight is 616 g/mol. The van der Waals surface area contributed by atoms with Crippen LogP contribution in [0, 0.1) is 0 Å². The van der Waals surface area contributed by atoms with Gasteiger partial charge in [0.1, 0.15) is 11.5 Å². The highest BCUT2D eigenvalue weighted by Gasteiger charge is 2.33. The van der Waals surface area contributed by atoms with Crippen LogP contribution < -0.4 is 24.4 Å². The van der Waals surface area contributed by atoms with Crippen LogP contribution in [0.5, 0.6) is 11.5 Å². The first-order valence-corrected chi connectivity index (χ1v) is 14.9. The maximum atomic E-state index is 14.1. The predicted molar refractivity (Wildman–Crippen MR) is 166 cm³/mol. The number of ether oxygens (including phenoxy) is 2. The Morgan fingerprint density at radius 3 is 2.60 bits per heavy atom. The van der Waals surface area contributed by atoms with E-state index in [2.05, 4.69) is 18.2 Å². The summed E-state index contributed by atoms with van der Waals surface area (Å²) < 4.78 is 19.5. The van der Waals surface area contributed by atoms with Crippen molar-refractivity contribution in [3.05, 3.63) is 131 Å². The molecule has 0 amide bonds. The highest BCUT2D eigenvalue weighted by Crippen LogP contribution is 2.42. The lowest BCUT2D eigenvalue weighted by atomic mass is 9.83. The minimum atomic E-state index is -0.338. The molecule has 6 nitrogen and oxygen atoms in total. The molecular formula is C33H24Cl2N2O4S. The number of thiazole rings is 1. The monoisotopic (exact) mass is 614 g/mol. The van der Waals surface area contributed by atoms with E-state index in [1.54, 1.807) is 37.0 Å². The standard InChI is InChI=1S/C33H24Cl2N2O4S/c1-39-27-13-9-20(16-28(27)40-2)31-23-11-7-18-5-3-4-6-22(18)30(23)36-33-37(31)32(38)29(42-33)17-21-10-14-26(41-21)19-8-12-24(34)25(35)15-19/h3-6,8-10,12-17,31H,7,11H2,1-2H3/b29-17-/t31-/m0/s1. The van der Waals surface area contributed by atoms with Crippen molar-refractivity contribution >= 4 is 46.3 Å². The van der Waals surface area contributed by atoms with Crippen LogP contribution in [0.15, 0.2) is 92.6 Å². The second kappa shape index (κ2) is 10.7. The van der Waals surface area contributed by atoms with E-state index in [1.807, 2.05) is 42.5 Å². The first-order chi connectivity index (χ1) is 20.4. The van der Waals surface area contributed by atoms with Crippen molar-refractivity contribution in [1.82, 2.24) is 4.57 Å². The molecule has 0 bridgehead atoms. The molecule has 2 aliphatic rings. The third-order valence-electron chi connectivity index (χ3n) is 7.70. The summed E-state index contributed by atoms with van der Waals surface area (Å²) >= 11 is 13.6. The number of allylic oxidation sites excluding steroid dienone is 1. The minimum Gasteiger partial charge on any atom is -0.493 e. The smallest absolute Gasteiger partial charge is 0.271 e. The molecule has 1 atom stereocenters. The topological polar surface area (TPSA) is 66.0 Å². The van der Waals surface area contributed by atoms with Gasteiger partial charge in [0.15, 0.2) is 16.3 Å². The summed E-state index contributed by atoms with van der Waals surface area (Å²) in [6, 6.07) is 22.9. The van der Waals surface area contributed by atoms with Crippen molar-refractivity contribution in [2.75, 3.05) is 14.2 Å². The molecule has 3 aromatic carbocycles. The average Bonchev–Trinajstić information content (AvgIpc) is 3.61. The van der Waals surface area contributed by atoms with E-state index < -0.39 is 0 Å². The molecule has 42 heavy (non-hydrogen) atoms. The van der Waals surface area contributed by atoms with Gasteiger partial charge in [0.25, 0.3) is 5.56 Å². The van der Waals surface area contributed by atoms with E-state index in [4.69, 9.17) is 42.1 Å². The Morgan fingerprint density at radius 1 is 0.952 bits per heavy atom. The molecule has 9 heteroatoms. The number of hydrogen-bond donors (Lipinski definition) is 0. The summed E-state index contributed by atoms with van der Waals surface area (Å²) in [7, 11) is 3.23. The molecule has 2 aromatic heterocycles. The molecule has 0 N–H and O–H groups in total. The molecule has 1 aliphatic carbocycles. The molecule has 5 aromatic rings. The fourth-order valence-corrected chi connectivity index (χ4v) is 6.99. The van der Waals surface area contributed by atoms with Crippen LogP contribution in [-0.4, -0.2) is 18.8 Å². The minimum absolute atomic E-state index is 0.128. The SMILES string of the molecule is COc1ccc([C@H]2C3=C(N=c4s/c(=C\c5ccc(-c6ccc(Cl)c(Cl)c6)o5)c(=O)n42)c2ccccc2CC3)cc1OC.